The number of carbonyl (C=O) groups is 1. The predicted octanol–water partition coefficient (Wildman–Crippen LogP) is 5.31. The largest absolute Gasteiger partial charge is 0.425 e. The van der Waals surface area contributed by atoms with Gasteiger partial charge in [-0.05, 0) is 47.9 Å². The topological polar surface area (TPSA) is 79.2 Å². The van der Waals surface area contributed by atoms with E-state index in [0.29, 0.717) is 6.07 Å². The highest BCUT2D eigenvalue weighted by Gasteiger charge is 2.61. The van der Waals surface area contributed by atoms with Gasteiger partial charge in [0.1, 0.15) is 17.7 Å². The molecule has 190 valence electrons. The number of fused-ring (bicyclic) bond motifs is 3. The molecule has 0 aliphatic heterocycles. The number of hydrogen-bond acceptors (Lipinski definition) is 4. The highest BCUT2D eigenvalue weighted by Crippen LogP contribution is 2.57. The molecule has 0 radical (unpaired) electrons. The molecule has 0 spiro atoms. The third-order valence-corrected chi connectivity index (χ3v) is 6.37. The maximum Gasteiger partial charge on any atom is 0.425 e. The summed E-state index contributed by atoms with van der Waals surface area (Å²) in [5.74, 6) is -2.13. The number of aromatic nitrogens is 2. The van der Waals surface area contributed by atoms with Crippen molar-refractivity contribution in [2.75, 3.05) is 5.43 Å². The van der Waals surface area contributed by atoms with E-state index in [1.165, 1.54) is 60.4 Å². The van der Waals surface area contributed by atoms with E-state index in [1.54, 1.807) is 6.07 Å². The van der Waals surface area contributed by atoms with Gasteiger partial charge in [0.15, 0.2) is 0 Å². The molecule has 11 heteroatoms. The smallest absolute Gasteiger partial charge is 0.372 e. The summed E-state index contributed by atoms with van der Waals surface area (Å²) in [7, 11) is 0. The van der Waals surface area contributed by atoms with Crippen molar-refractivity contribution in [1.29, 1.82) is 0 Å². The quantitative estimate of drug-likeness (QED) is 0.249. The van der Waals surface area contributed by atoms with E-state index in [2.05, 4.69) is 16.0 Å². The van der Waals surface area contributed by atoms with E-state index in [9.17, 15) is 31.9 Å². The average Bonchev–Trinajstić information content (AvgIpc) is 3.45. The van der Waals surface area contributed by atoms with Crippen LogP contribution in [-0.4, -0.2) is 27.0 Å². The van der Waals surface area contributed by atoms with Crippen molar-refractivity contribution < 1.29 is 31.9 Å². The fraction of sp³-hybridized carbons (Fsp3) is 0.154. The Balaban J connectivity index is 1.50. The molecule has 0 saturated carbocycles. The molecular weight excluding hydrogens is 495 g/mol. The van der Waals surface area contributed by atoms with E-state index >= 15 is 0 Å². The zero-order valence-electron chi connectivity index (χ0n) is 19.1. The van der Waals surface area contributed by atoms with Crippen LogP contribution in [0.2, 0.25) is 0 Å². The van der Waals surface area contributed by atoms with Crippen LogP contribution in [0.5, 0.6) is 0 Å². The molecule has 5 rings (SSSR count). The lowest BCUT2D eigenvalue weighted by molar-refractivity contribution is -0.246. The molecule has 2 atom stereocenters. The lowest BCUT2D eigenvalue weighted by atomic mass is 9.89. The minimum atomic E-state index is -5.11. The zero-order valence-corrected chi connectivity index (χ0v) is 19.1. The molecule has 0 saturated heterocycles. The predicted molar refractivity (Wildman–Crippen MR) is 125 cm³/mol. The van der Waals surface area contributed by atoms with Crippen molar-refractivity contribution >= 4 is 11.6 Å². The first-order chi connectivity index (χ1) is 17.5. The number of carbonyl (C=O) groups excluding carboxylic acids is 1. The molecule has 1 aliphatic rings. The Morgan fingerprint density at radius 2 is 1.73 bits per heavy atom. The fourth-order valence-corrected chi connectivity index (χ4v) is 4.48. The molecule has 2 unspecified atom stereocenters. The number of nitrogens with zero attached hydrogens (tertiary/aromatic N) is 2. The molecule has 4 aromatic rings. The van der Waals surface area contributed by atoms with Gasteiger partial charge in [0.25, 0.3) is 5.91 Å². The number of rotatable bonds is 5. The van der Waals surface area contributed by atoms with Gasteiger partial charge >= 0.3 is 6.18 Å². The van der Waals surface area contributed by atoms with Crippen LogP contribution in [0.1, 0.15) is 24.1 Å². The summed E-state index contributed by atoms with van der Waals surface area (Å²) in [5.41, 5.74) is 0.931. The van der Waals surface area contributed by atoms with Crippen molar-refractivity contribution in [3.8, 4) is 22.3 Å². The van der Waals surface area contributed by atoms with Crippen molar-refractivity contribution in [3.63, 3.8) is 0 Å². The molecule has 3 aromatic carbocycles. The van der Waals surface area contributed by atoms with E-state index in [4.69, 9.17) is 0 Å². The Morgan fingerprint density at radius 1 is 1.03 bits per heavy atom. The van der Waals surface area contributed by atoms with Crippen LogP contribution in [0, 0.1) is 11.6 Å². The summed E-state index contributed by atoms with van der Waals surface area (Å²) < 4.78 is 72.0. The second kappa shape index (κ2) is 8.70. The van der Waals surface area contributed by atoms with Crippen LogP contribution in [0.4, 0.5) is 27.6 Å². The number of amides is 1. The zero-order chi connectivity index (χ0) is 26.5. The summed E-state index contributed by atoms with van der Waals surface area (Å²) >= 11 is 0. The molecule has 1 aliphatic carbocycles. The van der Waals surface area contributed by atoms with Crippen LogP contribution in [0.25, 0.3) is 22.3 Å². The molecule has 0 bridgehead atoms. The van der Waals surface area contributed by atoms with E-state index in [-0.39, 0.29) is 27.9 Å². The van der Waals surface area contributed by atoms with Crippen molar-refractivity contribution in [2.45, 2.75) is 24.7 Å². The normalized spacial score (nSPS) is 17.2. The first kappa shape index (κ1) is 24.4. The van der Waals surface area contributed by atoms with E-state index < -0.39 is 46.5 Å². The summed E-state index contributed by atoms with van der Waals surface area (Å²) in [6, 6.07) is 12.0. The minimum Gasteiger partial charge on any atom is -0.372 e. The van der Waals surface area contributed by atoms with Gasteiger partial charge in [0.05, 0.1) is 11.9 Å². The summed E-state index contributed by atoms with van der Waals surface area (Å²) in [4.78, 5) is 12.6. The van der Waals surface area contributed by atoms with Gasteiger partial charge in [0, 0.05) is 22.9 Å². The van der Waals surface area contributed by atoms with Crippen molar-refractivity contribution in [3.05, 3.63) is 95.8 Å². The second-order valence-electron chi connectivity index (χ2n) is 8.61. The fourth-order valence-electron chi connectivity index (χ4n) is 4.48. The van der Waals surface area contributed by atoms with Crippen LogP contribution in [-0.2, 0) is 10.4 Å². The molecule has 1 amide bonds. The number of anilines is 1. The Kier molecular flexibility index (Phi) is 5.75. The van der Waals surface area contributed by atoms with Gasteiger partial charge in [-0.1, -0.05) is 36.4 Å². The Hall–Kier alpha value is -4.25. The van der Waals surface area contributed by atoms with E-state index in [0.717, 1.165) is 12.1 Å². The number of nitrogens with one attached hydrogen (secondary N) is 2. The number of hydrogen-bond donors (Lipinski definition) is 3. The van der Waals surface area contributed by atoms with Crippen LogP contribution in [0.3, 0.4) is 0 Å². The summed E-state index contributed by atoms with van der Waals surface area (Å²) in [6.07, 6.45) is -2.44. The second-order valence-corrected chi connectivity index (χ2v) is 8.61. The van der Waals surface area contributed by atoms with Crippen molar-refractivity contribution in [2.24, 2.45) is 0 Å². The third-order valence-electron chi connectivity index (χ3n) is 6.37. The number of halogens is 5. The first-order valence-corrected chi connectivity index (χ1v) is 11.1. The Bertz CT molecular complexity index is 1520. The molecule has 3 N–H and O–H groups in total. The van der Waals surface area contributed by atoms with Gasteiger partial charge in [-0.25, -0.2) is 8.78 Å². The number of para-hydroxylation sites is 1. The van der Waals surface area contributed by atoms with Crippen LogP contribution in [0.15, 0.2) is 73.1 Å². The SMILES string of the molecule is CC(C(=O)NNc1ccccc1F)n1cc(-c2cc(F)cc3c2-c2ccccc2C3(O)C(F)(F)F)cn1. The number of benzene rings is 3. The first-order valence-electron chi connectivity index (χ1n) is 11.1. The Labute approximate surface area is 207 Å². The summed E-state index contributed by atoms with van der Waals surface area (Å²) in [6.45, 7) is 1.50. The highest BCUT2D eigenvalue weighted by atomic mass is 19.4. The molecule has 0 fully saturated rings. The highest BCUT2D eigenvalue weighted by molar-refractivity contribution is 5.92. The standard InChI is InChI=1S/C26H19F5N4O2/c1-14(24(36)34-33-22-9-5-4-8-21(22)28)35-13-15(12-32-35)18-10-16(27)11-20-23(18)17-6-2-3-7-19(17)25(20,37)26(29,30)31/h2-14,33,37H,1H3,(H,34,36). The maximum atomic E-state index is 14.6. The maximum absolute atomic E-state index is 14.6. The Morgan fingerprint density at radius 3 is 2.46 bits per heavy atom. The molecule has 6 nitrogen and oxygen atoms in total. The molecule has 37 heavy (non-hydrogen) atoms. The van der Waals surface area contributed by atoms with Gasteiger partial charge in [0.2, 0.25) is 5.60 Å². The van der Waals surface area contributed by atoms with E-state index in [1.807, 2.05) is 0 Å². The number of aliphatic hydroxyl groups is 1. The third kappa shape index (κ3) is 3.91. The van der Waals surface area contributed by atoms with Gasteiger partial charge in [-0.3, -0.25) is 20.3 Å². The number of hydrazine groups is 1. The minimum absolute atomic E-state index is 0.0229. The molecular formula is C26H19F5N4O2. The number of alkyl halides is 3. The lowest BCUT2D eigenvalue weighted by Gasteiger charge is -2.28. The van der Waals surface area contributed by atoms with Crippen LogP contribution >= 0.6 is 0 Å². The van der Waals surface area contributed by atoms with Crippen molar-refractivity contribution in [1.82, 2.24) is 15.2 Å². The average molecular weight is 514 g/mol. The molecule has 1 aromatic heterocycles. The van der Waals surface area contributed by atoms with Gasteiger partial charge < -0.3 is 5.11 Å². The van der Waals surface area contributed by atoms with Gasteiger partial charge in [-0.2, -0.15) is 18.3 Å². The van der Waals surface area contributed by atoms with Gasteiger partial charge in [-0.15, -0.1) is 0 Å². The summed E-state index contributed by atoms with van der Waals surface area (Å²) in [5, 5.41) is 15.0. The molecule has 1 heterocycles. The lowest BCUT2D eigenvalue weighted by Crippen LogP contribution is -2.41. The monoisotopic (exact) mass is 514 g/mol. The van der Waals surface area contributed by atoms with Crippen LogP contribution < -0.4 is 10.9 Å².